The fourth-order valence-electron chi connectivity index (χ4n) is 2.64. The Balaban J connectivity index is 2.03. The van der Waals surface area contributed by atoms with Crippen molar-refractivity contribution < 1.29 is 4.79 Å². The molecular weight excluding hydrogens is 236 g/mol. The fraction of sp³-hybridized carbons (Fsp3) is 0.312. The molecule has 1 amide bonds. The number of aromatic nitrogens is 1. The number of rotatable bonds is 2. The predicted molar refractivity (Wildman–Crippen MR) is 75.8 cm³/mol. The third-order valence-electron chi connectivity index (χ3n) is 3.82. The second-order valence-electron chi connectivity index (χ2n) is 5.10. The minimum Gasteiger partial charge on any atom is -0.338 e. The average Bonchev–Trinajstić information content (AvgIpc) is 2.64. The van der Waals surface area contributed by atoms with Crippen LogP contribution in [-0.4, -0.2) is 28.5 Å². The van der Waals surface area contributed by atoms with Gasteiger partial charge in [0.2, 0.25) is 0 Å². The van der Waals surface area contributed by atoms with Crippen LogP contribution in [0.4, 0.5) is 0 Å². The Morgan fingerprint density at radius 3 is 2.37 bits per heavy atom. The summed E-state index contributed by atoms with van der Waals surface area (Å²) in [6.07, 6.45) is 1.13. The van der Waals surface area contributed by atoms with Crippen molar-refractivity contribution in [2.75, 3.05) is 13.1 Å². The van der Waals surface area contributed by atoms with E-state index >= 15 is 0 Å². The zero-order chi connectivity index (χ0) is 13.4. The quantitative estimate of drug-likeness (QED) is 0.809. The molecule has 0 atom stereocenters. The molecule has 1 aromatic carbocycles. The van der Waals surface area contributed by atoms with Gasteiger partial charge in [0, 0.05) is 30.2 Å². The first kappa shape index (κ1) is 12.0. The standard InChI is InChI=1S/C16H18N2O/c1-12-11-15(16(19)17-9-6-10-17)13(2)18(12)14-7-4-3-5-8-14/h3-5,7-8,11H,6,9-10H2,1-2H3. The highest BCUT2D eigenvalue weighted by Gasteiger charge is 2.25. The van der Waals surface area contributed by atoms with E-state index in [1.54, 1.807) is 0 Å². The molecule has 1 aromatic heterocycles. The highest BCUT2D eigenvalue weighted by atomic mass is 16.2. The van der Waals surface area contributed by atoms with E-state index in [2.05, 4.69) is 16.7 Å². The average molecular weight is 254 g/mol. The lowest BCUT2D eigenvalue weighted by molar-refractivity contribution is 0.0651. The molecule has 1 aliphatic rings. The first-order valence-corrected chi connectivity index (χ1v) is 6.72. The van der Waals surface area contributed by atoms with Crippen LogP contribution in [0.5, 0.6) is 0 Å². The lowest BCUT2D eigenvalue weighted by Gasteiger charge is -2.30. The number of nitrogens with zero attached hydrogens (tertiary/aromatic N) is 2. The minimum absolute atomic E-state index is 0.168. The molecule has 1 aliphatic heterocycles. The highest BCUT2D eigenvalue weighted by molar-refractivity contribution is 5.96. The van der Waals surface area contributed by atoms with Crippen molar-refractivity contribution in [2.45, 2.75) is 20.3 Å². The van der Waals surface area contributed by atoms with Crippen LogP contribution in [0.3, 0.4) is 0 Å². The number of amides is 1. The maximum Gasteiger partial charge on any atom is 0.255 e. The second kappa shape index (κ2) is 4.57. The summed E-state index contributed by atoms with van der Waals surface area (Å²) >= 11 is 0. The Bertz CT molecular complexity index is 609. The molecular formula is C16H18N2O. The summed E-state index contributed by atoms with van der Waals surface area (Å²) in [5, 5.41) is 0. The third-order valence-corrected chi connectivity index (χ3v) is 3.82. The van der Waals surface area contributed by atoms with E-state index in [1.165, 1.54) is 0 Å². The topological polar surface area (TPSA) is 25.2 Å². The van der Waals surface area contributed by atoms with Gasteiger partial charge in [-0.3, -0.25) is 4.79 Å². The van der Waals surface area contributed by atoms with Gasteiger partial charge < -0.3 is 9.47 Å². The normalized spacial score (nSPS) is 14.3. The van der Waals surface area contributed by atoms with Gasteiger partial charge in [0.05, 0.1) is 5.56 Å². The second-order valence-corrected chi connectivity index (χ2v) is 5.10. The summed E-state index contributed by atoms with van der Waals surface area (Å²) < 4.78 is 2.15. The number of hydrogen-bond acceptors (Lipinski definition) is 1. The van der Waals surface area contributed by atoms with Gasteiger partial charge in [0.25, 0.3) is 5.91 Å². The molecule has 3 rings (SSSR count). The lowest BCUT2D eigenvalue weighted by atomic mass is 10.1. The molecule has 0 unspecified atom stereocenters. The summed E-state index contributed by atoms with van der Waals surface area (Å²) in [6, 6.07) is 12.2. The number of likely N-dealkylation sites (tertiary alicyclic amines) is 1. The van der Waals surface area contributed by atoms with Gasteiger partial charge in [-0.2, -0.15) is 0 Å². The van der Waals surface area contributed by atoms with Crippen molar-refractivity contribution in [3.05, 3.63) is 53.3 Å². The Labute approximate surface area is 113 Å². The van der Waals surface area contributed by atoms with E-state index in [1.807, 2.05) is 43.0 Å². The maximum absolute atomic E-state index is 12.4. The van der Waals surface area contributed by atoms with E-state index in [-0.39, 0.29) is 5.91 Å². The van der Waals surface area contributed by atoms with Crippen LogP contribution in [-0.2, 0) is 0 Å². The number of benzene rings is 1. The van der Waals surface area contributed by atoms with Crippen LogP contribution in [0.2, 0.25) is 0 Å². The van der Waals surface area contributed by atoms with Crippen molar-refractivity contribution in [1.82, 2.24) is 9.47 Å². The molecule has 2 aromatic rings. The molecule has 1 saturated heterocycles. The molecule has 0 radical (unpaired) electrons. The van der Waals surface area contributed by atoms with Crippen molar-refractivity contribution in [3.63, 3.8) is 0 Å². The van der Waals surface area contributed by atoms with Crippen molar-refractivity contribution in [1.29, 1.82) is 0 Å². The van der Waals surface area contributed by atoms with Gasteiger partial charge in [0.15, 0.2) is 0 Å². The summed E-state index contributed by atoms with van der Waals surface area (Å²) in [4.78, 5) is 14.3. The van der Waals surface area contributed by atoms with Gasteiger partial charge in [-0.1, -0.05) is 18.2 Å². The molecule has 19 heavy (non-hydrogen) atoms. The Kier molecular flexibility index (Phi) is 2.90. The molecule has 98 valence electrons. The first-order valence-electron chi connectivity index (χ1n) is 6.72. The third kappa shape index (κ3) is 1.95. The van der Waals surface area contributed by atoms with Gasteiger partial charge in [-0.05, 0) is 38.5 Å². The molecule has 2 heterocycles. The molecule has 3 nitrogen and oxygen atoms in total. The monoisotopic (exact) mass is 254 g/mol. The van der Waals surface area contributed by atoms with E-state index in [0.717, 1.165) is 42.1 Å². The minimum atomic E-state index is 0.168. The number of carbonyl (C=O) groups excluding carboxylic acids is 1. The molecule has 0 N–H and O–H groups in total. The van der Waals surface area contributed by atoms with Crippen molar-refractivity contribution in [3.8, 4) is 5.69 Å². The zero-order valence-corrected chi connectivity index (χ0v) is 11.4. The van der Waals surface area contributed by atoms with Gasteiger partial charge in [-0.25, -0.2) is 0 Å². The Morgan fingerprint density at radius 1 is 1.11 bits per heavy atom. The Hall–Kier alpha value is -2.03. The molecule has 1 fully saturated rings. The first-order chi connectivity index (χ1) is 9.18. The molecule has 0 bridgehead atoms. The van der Waals surface area contributed by atoms with E-state index in [4.69, 9.17) is 0 Å². The largest absolute Gasteiger partial charge is 0.338 e. The van der Waals surface area contributed by atoms with Crippen molar-refractivity contribution >= 4 is 5.91 Å². The summed E-state index contributed by atoms with van der Waals surface area (Å²) in [5.74, 6) is 0.168. The fourth-order valence-corrected chi connectivity index (χ4v) is 2.64. The van der Waals surface area contributed by atoms with Crippen LogP contribution < -0.4 is 0 Å². The van der Waals surface area contributed by atoms with E-state index in [9.17, 15) is 4.79 Å². The van der Waals surface area contributed by atoms with Crippen LogP contribution in [0.25, 0.3) is 5.69 Å². The van der Waals surface area contributed by atoms with Gasteiger partial charge in [-0.15, -0.1) is 0 Å². The molecule has 0 aliphatic carbocycles. The zero-order valence-electron chi connectivity index (χ0n) is 11.4. The molecule has 0 saturated carbocycles. The summed E-state index contributed by atoms with van der Waals surface area (Å²) in [7, 11) is 0. The summed E-state index contributed by atoms with van der Waals surface area (Å²) in [5.41, 5.74) is 4.08. The van der Waals surface area contributed by atoms with E-state index in [0.29, 0.717) is 0 Å². The van der Waals surface area contributed by atoms with Crippen LogP contribution >= 0.6 is 0 Å². The Morgan fingerprint density at radius 2 is 1.79 bits per heavy atom. The number of carbonyl (C=O) groups is 1. The molecule has 3 heteroatoms. The van der Waals surface area contributed by atoms with E-state index < -0.39 is 0 Å². The number of aryl methyl sites for hydroxylation is 1. The smallest absolute Gasteiger partial charge is 0.255 e. The highest BCUT2D eigenvalue weighted by Crippen LogP contribution is 2.23. The van der Waals surface area contributed by atoms with Gasteiger partial charge in [0.1, 0.15) is 0 Å². The van der Waals surface area contributed by atoms with Crippen molar-refractivity contribution in [2.24, 2.45) is 0 Å². The van der Waals surface area contributed by atoms with Crippen LogP contribution in [0.1, 0.15) is 28.2 Å². The SMILES string of the molecule is Cc1cc(C(=O)N2CCC2)c(C)n1-c1ccccc1. The predicted octanol–water partition coefficient (Wildman–Crippen LogP) is 2.94. The lowest BCUT2D eigenvalue weighted by Crippen LogP contribution is -2.42. The van der Waals surface area contributed by atoms with Gasteiger partial charge >= 0.3 is 0 Å². The number of para-hydroxylation sites is 1. The maximum atomic E-state index is 12.4. The number of hydrogen-bond donors (Lipinski definition) is 0. The molecule has 0 spiro atoms. The summed E-state index contributed by atoms with van der Waals surface area (Å²) in [6.45, 7) is 5.86. The van der Waals surface area contributed by atoms with Crippen LogP contribution in [0, 0.1) is 13.8 Å². The van der Waals surface area contributed by atoms with Crippen LogP contribution in [0.15, 0.2) is 36.4 Å².